The number of aliphatic hydroxyl groups excluding tert-OH is 1. The van der Waals surface area contributed by atoms with Crippen molar-refractivity contribution in [3.05, 3.63) is 194 Å². The van der Waals surface area contributed by atoms with E-state index in [2.05, 4.69) is 27.3 Å². The lowest BCUT2D eigenvalue weighted by atomic mass is 10.0. The fourth-order valence-electron chi connectivity index (χ4n) is 9.39. The maximum atomic E-state index is 12.7. The van der Waals surface area contributed by atoms with Crippen molar-refractivity contribution in [3.63, 3.8) is 0 Å². The lowest BCUT2D eigenvalue weighted by molar-refractivity contribution is -0.121. The van der Waals surface area contributed by atoms with Crippen LogP contribution in [-0.2, 0) is 28.9 Å². The zero-order chi connectivity index (χ0) is 52.9. The van der Waals surface area contributed by atoms with E-state index in [1.54, 1.807) is 11.0 Å². The van der Waals surface area contributed by atoms with Crippen molar-refractivity contribution in [2.24, 2.45) is 0 Å². The molecule has 12 nitrogen and oxygen atoms in total. The molecule has 0 unspecified atom stereocenters. The number of rotatable bonds is 11. The van der Waals surface area contributed by atoms with Gasteiger partial charge in [0.1, 0.15) is 6.61 Å². The van der Waals surface area contributed by atoms with Crippen molar-refractivity contribution < 1.29 is 29.1 Å². The summed E-state index contributed by atoms with van der Waals surface area (Å²) < 4.78 is 0. The van der Waals surface area contributed by atoms with Crippen molar-refractivity contribution in [3.8, 4) is 0 Å². The molecule has 0 atom stereocenters. The van der Waals surface area contributed by atoms with E-state index in [1.165, 1.54) is 5.56 Å². The molecule has 3 heterocycles. The Kier molecular flexibility index (Phi) is 18.0. The van der Waals surface area contributed by atoms with Gasteiger partial charge in [-0.2, -0.15) is 0 Å². The number of aryl methyl sites for hydroxylation is 3. The van der Waals surface area contributed by atoms with Crippen molar-refractivity contribution in [1.29, 1.82) is 0 Å². The zero-order valence-electron chi connectivity index (χ0n) is 43.4. The number of nitrogens with zero attached hydrogens (tertiary/aromatic N) is 2. The largest absolute Gasteiger partial charge is 0.387 e. The van der Waals surface area contributed by atoms with E-state index in [0.29, 0.717) is 47.6 Å². The van der Waals surface area contributed by atoms with Gasteiger partial charge in [0.25, 0.3) is 23.6 Å². The normalized spacial score (nSPS) is 13.1. The van der Waals surface area contributed by atoms with E-state index in [9.17, 15) is 24.0 Å². The second-order valence-corrected chi connectivity index (χ2v) is 18.4. The van der Waals surface area contributed by atoms with Gasteiger partial charge in [-0.05, 0) is 165 Å². The number of carbonyl (C=O) groups excluding carboxylic acids is 5. The predicted octanol–water partition coefficient (Wildman–Crippen LogP) is 12.0. The number of allylic oxidation sites excluding steroid dienone is 3. The minimum absolute atomic E-state index is 0.0672. The first kappa shape index (κ1) is 53.4. The number of carbonyl (C=O) groups is 5. The van der Waals surface area contributed by atoms with Crippen LogP contribution in [0.15, 0.2) is 127 Å². The Hall–Kier alpha value is -8.35. The Morgan fingerprint density at radius 3 is 1.28 bits per heavy atom. The van der Waals surface area contributed by atoms with E-state index in [0.717, 1.165) is 93.1 Å². The first-order chi connectivity index (χ1) is 35.7. The van der Waals surface area contributed by atoms with Crippen LogP contribution in [0, 0.1) is 20.8 Å². The van der Waals surface area contributed by atoms with Crippen LogP contribution in [0.3, 0.4) is 0 Å². The number of fused-ring (bicyclic) bond motifs is 3. The monoisotopic (exact) mass is 991 g/mol. The van der Waals surface area contributed by atoms with Gasteiger partial charge >= 0.3 is 0 Å². The van der Waals surface area contributed by atoms with Gasteiger partial charge in [-0.1, -0.05) is 98.0 Å². The molecule has 74 heavy (non-hydrogen) atoms. The van der Waals surface area contributed by atoms with Crippen molar-refractivity contribution >= 4 is 81.9 Å². The van der Waals surface area contributed by atoms with Crippen LogP contribution >= 0.6 is 0 Å². The molecule has 0 saturated heterocycles. The molecular formula is C62H66N6O6. The van der Waals surface area contributed by atoms with Gasteiger partial charge in [0.2, 0.25) is 5.91 Å². The van der Waals surface area contributed by atoms with Crippen molar-refractivity contribution in [2.45, 2.75) is 74.1 Å². The number of benzene rings is 6. The third-order valence-electron chi connectivity index (χ3n) is 13.2. The minimum Gasteiger partial charge on any atom is -0.387 e. The van der Waals surface area contributed by atoms with E-state index in [-0.39, 0.29) is 29.5 Å². The molecule has 5 amide bonds. The highest BCUT2D eigenvalue weighted by Crippen LogP contribution is 2.33. The number of anilines is 6. The summed E-state index contributed by atoms with van der Waals surface area (Å²) >= 11 is 0. The molecular weight excluding hydrogens is 925 g/mol. The maximum Gasteiger partial charge on any atom is 0.255 e. The summed E-state index contributed by atoms with van der Waals surface area (Å²) in [5.74, 6) is -0.610. The quantitative estimate of drug-likeness (QED) is 0.0864. The molecule has 3 aliphatic rings. The van der Waals surface area contributed by atoms with Gasteiger partial charge < -0.3 is 36.2 Å². The van der Waals surface area contributed by atoms with Crippen LogP contribution in [0.25, 0.3) is 18.2 Å². The summed E-state index contributed by atoms with van der Waals surface area (Å²) in [6.07, 6.45) is 15.1. The number of amides is 5. The molecule has 0 saturated carbocycles. The van der Waals surface area contributed by atoms with Crippen LogP contribution in [0.2, 0.25) is 0 Å². The second kappa shape index (κ2) is 24.9. The van der Waals surface area contributed by atoms with Crippen LogP contribution in [0.4, 0.5) is 34.1 Å². The van der Waals surface area contributed by atoms with Crippen molar-refractivity contribution in [1.82, 2.24) is 0 Å². The summed E-state index contributed by atoms with van der Waals surface area (Å²) in [6, 6.07) is 34.7. The standard InChI is InChI=1S/C22H24N2O2.C21H22N2O3.C19H20N2O/c1-4-6-16-7-10-19(15(3)13-16)22(26)23-18-9-8-17-11-12-24(20(17)14-18)21(25)5-2;1-3-4-15-5-8-18(14(2)11-15)21(26)22-17-7-6-16-9-10-23(19(16)12-17)20(25)13-24;1-3-4-14-5-8-17(13(2)11-14)19(22)21-16-7-6-15-9-10-20-18(15)12-16/h4,6-10,13-14H,5,11-12H2,1-3H3,(H,23,26);3-8,11-12,24H,9-10,13H2,1-2H3,(H,22,26);3-8,11-12,20H,9-10H2,1-2H3,(H,21,22)/b6-4+;2*4-3+. The molecule has 0 bridgehead atoms. The van der Waals surface area contributed by atoms with E-state index < -0.39 is 6.61 Å². The summed E-state index contributed by atoms with van der Waals surface area (Å²) in [5.41, 5.74) is 16.5. The fraction of sp³-hybridized carbons (Fsp3) is 0.242. The van der Waals surface area contributed by atoms with E-state index >= 15 is 0 Å². The number of nitrogens with one attached hydrogen (secondary N) is 4. The smallest absolute Gasteiger partial charge is 0.255 e. The number of hydrogen-bond donors (Lipinski definition) is 5. The summed E-state index contributed by atoms with van der Waals surface area (Å²) in [6.45, 7) is 15.3. The Morgan fingerprint density at radius 2 is 0.905 bits per heavy atom. The van der Waals surface area contributed by atoms with E-state index in [1.807, 2.05) is 187 Å². The van der Waals surface area contributed by atoms with Gasteiger partial charge in [-0.15, -0.1) is 0 Å². The average Bonchev–Trinajstić information content (AvgIpc) is 4.15. The van der Waals surface area contributed by atoms with Crippen LogP contribution in [0.5, 0.6) is 0 Å². The Labute approximate surface area is 434 Å². The molecule has 5 N–H and O–H groups in total. The molecule has 9 rings (SSSR count). The highest BCUT2D eigenvalue weighted by Gasteiger charge is 2.26. The third-order valence-corrected chi connectivity index (χ3v) is 13.2. The first-order valence-corrected chi connectivity index (χ1v) is 25.2. The van der Waals surface area contributed by atoms with Crippen molar-refractivity contribution in [2.75, 3.05) is 57.3 Å². The fourth-order valence-corrected chi connectivity index (χ4v) is 9.39. The highest BCUT2D eigenvalue weighted by molar-refractivity contribution is 6.08. The molecule has 0 aromatic heterocycles. The summed E-state index contributed by atoms with van der Waals surface area (Å²) in [4.78, 5) is 65.1. The topological polar surface area (TPSA) is 160 Å². The number of aliphatic hydroxyl groups is 1. The summed E-state index contributed by atoms with van der Waals surface area (Å²) in [7, 11) is 0. The Morgan fingerprint density at radius 1 is 0.514 bits per heavy atom. The molecule has 380 valence electrons. The van der Waals surface area contributed by atoms with Gasteiger partial charge in [-0.25, -0.2) is 0 Å². The van der Waals surface area contributed by atoms with Gasteiger partial charge in [0.15, 0.2) is 0 Å². The summed E-state index contributed by atoms with van der Waals surface area (Å²) in [5, 5.41) is 21.3. The van der Waals surface area contributed by atoms with Crippen LogP contribution in [0.1, 0.15) is 115 Å². The maximum absolute atomic E-state index is 12.7. The molecule has 0 fully saturated rings. The van der Waals surface area contributed by atoms with Gasteiger partial charge in [0.05, 0.1) is 0 Å². The number of hydrogen-bond acceptors (Lipinski definition) is 7. The molecule has 6 aromatic carbocycles. The molecule has 0 aliphatic carbocycles. The molecule has 0 radical (unpaired) electrons. The molecule has 0 spiro atoms. The predicted molar refractivity (Wildman–Crippen MR) is 303 cm³/mol. The van der Waals surface area contributed by atoms with E-state index in [4.69, 9.17) is 5.11 Å². The molecule has 6 aromatic rings. The zero-order valence-corrected chi connectivity index (χ0v) is 43.4. The average molecular weight is 991 g/mol. The molecule has 12 heteroatoms. The van der Waals surface area contributed by atoms with Gasteiger partial charge in [-0.3, -0.25) is 24.0 Å². The third kappa shape index (κ3) is 13.0. The van der Waals surface area contributed by atoms with Gasteiger partial charge in [0, 0.05) is 76.9 Å². The second-order valence-electron chi connectivity index (χ2n) is 18.4. The lowest BCUT2D eigenvalue weighted by Crippen LogP contribution is -2.31. The van der Waals surface area contributed by atoms with Crippen LogP contribution in [-0.4, -0.2) is 60.9 Å². The Balaban J connectivity index is 0.000000163. The Bertz CT molecular complexity index is 3040. The highest BCUT2D eigenvalue weighted by atomic mass is 16.3. The first-order valence-electron chi connectivity index (χ1n) is 25.2. The molecule has 3 aliphatic heterocycles. The van der Waals surface area contributed by atoms with Crippen LogP contribution < -0.4 is 31.1 Å². The SMILES string of the molecule is C/C=C/c1ccc(C(=O)Nc2ccc3c(c2)N(C(=O)CC)CC3)c(C)c1.C/C=C/c1ccc(C(=O)Nc2ccc3c(c2)N(C(=O)CO)CC3)c(C)c1.C/C=C/c1ccc(C(=O)Nc2ccc3c(c2)NCC3)c(C)c1. The minimum atomic E-state index is -0.520. The lowest BCUT2D eigenvalue weighted by Gasteiger charge is -2.17.